The Morgan fingerprint density at radius 2 is 1.74 bits per heavy atom. The van der Waals surface area contributed by atoms with Crippen molar-refractivity contribution < 1.29 is 19.8 Å². The van der Waals surface area contributed by atoms with Crippen LogP contribution in [0, 0.1) is 5.92 Å². The summed E-state index contributed by atoms with van der Waals surface area (Å²) in [5.41, 5.74) is 5.20. The highest BCUT2D eigenvalue weighted by Crippen LogP contribution is 2.03. The van der Waals surface area contributed by atoms with E-state index in [1.165, 1.54) is 0 Å². The lowest BCUT2D eigenvalue weighted by Gasteiger charge is -2.12. The fourth-order valence-corrected chi connectivity index (χ4v) is 1.36. The van der Waals surface area contributed by atoms with Gasteiger partial charge in [-0.2, -0.15) is 0 Å². The summed E-state index contributed by atoms with van der Waals surface area (Å²) in [4.78, 5) is 20.5. The Balaban J connectivity index is 0. The molecule has 0 saturated carbocycles. The van der Waals surface area contributed by atoms with Crippen LogP contribution >= 0.6 is 0 Å². The molecule has 0 aliphatic rings. The smallest absolute Gasteiger partial charge is 0.320 e. The first kappa shape index (κ1) is 20.2. The first-order chi connectivity index (χ1) is 8.76. The Hall–Kier alpha value is -1.14. The van der Waals surface area contributed by atoms with Crippen LogP contribution in [0.3, 0.4) is 0 Å². The summed E-state index contributed by atoms with van der Waals surface area (Å²) < 4.78 is 0. The van der Waals surface area contributed by atoms with Gasteiger partial charge in [0, 0.05) is 0 Å². The van der Waals surface area contributed by atoms with Gasteiger partial charge >= 0.3 is 11.9 Å². The van der Waals surface area contributed by atoms with Gasteiger partial charge in [-0.1, -0.05) is 33.6 Å². The summed E-state index contributed by atoms with van der Waals surface area (Å²) >= 11 is 0. The molecule has 0 spiro atoms. The van der Waals surface area contributed by atoms with Crippen LogP contribution in [-0.2, 0) is 9.59 Å². The largest absolute Gasteiger partial charge is 0.480 e. The molecule has 0 saturated heterocycles. The lowest BCUT2D eigenvalue weighted by Crippen LogP contribution is -2.34. The number of hydrogen-bond donors (Lipinski definition) is 4. The lowest BCUT2D eigenvalue weighted by atomic mass is 10.0. The number of carboxylic acids is 2. The molecule has 6 nitrogen and oxygen atoms in total. The first-order valence-electron chi connectivity index (χ1n) is 6.64. The second-order valence-corrected chi connectivity index (χ2v) is 4.90. The molecule has 0 radical (unpaired) electrons. The molecule has 0 aliphatic heterocycles. The average Bonchev–Trinajstić information content (AvgIpc) is 2.32. The summed E-state index contributed by atoms with van der Waals surface area (Å²) in [5.74, 6) is -1.24. The van der Waals surface area contributed by atoms with Gasteiger partial charge in [0.05, 0.1) is 0 Å². The van der Waals surface area contributed by atoms with Crippen LogP contribution in [0.1, 0.15) is 46.5 Å². The SMILES string of the molecule is CCCC[C@H](N)C(=O)O.CN[C@@H](CC(C)C)C(=O)O. The lowest BCUT2D eigenvalue weighted by molar-refractivity contribution is -0.140. The molecule has 0 rings (SSSR count). The van der Waals surface area contributed by atoms with E-state index < -0.39 is 18.0 Å². The van der Waals surface area contributed by atoms with E-state index in [1.54, 1.807) is 7.05 Å². The molecule has 0 bridgehead atoms. The fraction of sp³-hybridized carbons (Fsp3) is 0.846. The summed E-state index contributed by atoms with van der Waals surface area (Å²) in [6.45, 7) is 6.02. The molecule has 19 heavy (non-hydrogen) atoms. The van der Waals surface area contributed by atoms with Gasteiger partial charge in [0.2, 0.25) is 0 Å². The van der Waals surface area contributed by atoms with Crippen LogP contribution in [0.4, 0.5) is 0 Å². The predicted octanol–water partition coefficient (Wildman–Crippen LogP) is 1.29. The highest BCUT2D eigenvalue weighted by atomic mass is 16.4. The summed E-state index contributed by atoms with van der Waals surface area (Å²) in [7, 11) is 1.67. The quantitative estimate of drug-likeness (QED) is 0.531. The zero-order valence-electron chi connectivity index (χ0n) is 12.3. The summed E-state index contributed by atoms with van der Waals surface area (Å²) in [6, 6.07) is -1.05. The highest BCUT2D eigenvalue weighted by Gasteiger charge is 2.15. The van der Waals surface area contributed by atoms with Crippen molar-refractivity contribution in [2.24, 2.45) is 11.7 Å². The Labute approximate surface area is 115 Å². The van der Waals surface area contributed by atoms with E-state index in [9.17, 15) is 9.59 Å². The van der Waals surface area contributed by atoms with Crippen molar-refractivity contribution in [2.75, 3.05) is 7.05 Å². The molecule has 0 unspecified atom stereocenters. The van der Waals surface area contributed by atoms with Gasteiger partial charge in [0.25, 0.3) is 0 Å². The minimum Gasteiger partial charge on any atom is -0.480 e. The number of nitrogens with one attached hydrogen (secondary N) is 1. The Bertz CT molecular complexity index is 257. The normalized spacial score (nSPS) is 13.4. The van der Waals surface area contributed by atoms with Gasteiger partial charge in [-0.15, -0.1) is 0 Å². The maximum Gasteiger partial charge on any atom is 0.320 e. The maximum absolute atomic E-state index is 10.4. The monoisotopic (exact) mass is 276 g/mol. The zero-order valence-corrected chi connectivity index (χ0v) is 12.3. The van der Waals surface area contributed by atoms with E-state index in [1.807, 2.05) is 20.8 Å². The number of hydrogen-bond acceptors (Lipinski definition) is 4. The van der Waals surface area contributed by atoms with E-state index in [0.717, 1.165) is 12.8 Å². The Kier molecular flexibility index (Phi) is 12.7. The van der Waals surface area contributed by atoms with Gasteiger partial charge < -0.3 is 21.3 Å². The number of carbonyl (C=O) groups is 2. The molecule has 5 N–H and O–H groups in total. The third-order valence-electron chi connectivity index (χ3n) is 2.54. The average molecular weight is 276 g/mol. The summed E-state index contributed by atoms with van der Waals surface area (Å²) in [5, 5.41) is 19.6. The van der Waals surface area contributed by atoms with Crippen molar-refractivity contribution in [1.82, 2.24) is 5.32 Å². The van der Waals surface area contributed by atoms with Crippen molar-refractivity contribution in [3.8, 4) is 0 Å². The van der Waals surface area contributed by atoms with Crippen LogP contribution in [0.2, 0.25) is 0 Å². The number of unbranched alkanes of at least 4 members (excludes halogenated alkanes) is 1. The molecule has 0 aliphatic carbocycles. The Morgan fingerprint density at radius 3 is 1.95 bits per heavy atom. The minimum atomic E-state index is -0.900. The van der Waals surface area contributed by atoms with E-state index in [0.29, 0.717) is 18.8 Å². The molecule has 0 aromatic rings. The molecular formula is C13H28N2O4. The second kappa shape index (κ2) is 11.9. The number of aliphatic carboxylic acids is 2. The molecule has 114 valence electrons. The molecule has 0 aromatic carbocycles. The number of nitrogens with two attached hydrogens (primary N) is 1. The molecule has 6 heteroatoms. The molecule has 2 atom stereocenters. The van der Waals surface area contributed by atoms with Crippen molar-refractivity contribution in [1.29, 1.82) is 0 Å². The third kappa shape index (κ3) is 13.1. The van der Waals surface area contributed by atoms with Crippen LogP contribution < -0.4 is 11.1 Å². The standard InChI is InChI=1S/C7H15NO2.C6H13NO2/c1-5(2)4-6(8-3)7(9)10;1-2-3-4-5(7)6(8)9/h5-6,8H,4H2,1-3H3,(H,9,10);5H,2-4,7H2,1H3,(H,8,9)/t6-;5-/m00/s1. The number of likely N-dealkylation sites (N-methyl/N-ethyl adjacent to an activating group) is 1. The van der Waals surface area contributed by atoms with Gasteiger partial charge in [-0.05, 0) is 25.8 Å². The van der Waals surface area contributed by atoms with E-state index in [4.69, 9.17) is 15.9 Å². The zero-order chi connectivity index (χ0) is 15.4. The van der Waals surface area contributed by atoms with Crippen molar-refractivity contribution in [3.05, 3.63) is 0 Å². The third-order valence-corrected chi connectivity index (χ3v) is 2.54. The maximum atomic E-state index is 10.4. The van der Waals surface area contributed by atoms with Crippen LogP contribution in [-0.4, -0.2) is 41.3 Å². The second-order valence-electron chi connectivity index (χ2n) is 4.90. The van der Waals surface area contributed by atoms with Crippen molar-refractivity contribution in [3.63, 3.8) is 0 Å². The highest BCUT2D eigenvalue weighted by molar-refractivity contribution is 5.73. The molecule has 0 aromatic heterocycles. The van der Waals surface area contributed by atoms with Crippen LogP contribution in [0.5, 0.6) is 0 Å². The van der Waals surface area contributed by atoms with Gasteiger partial charge in [0.15, 0.2) is 0 Å². The van der Waals surface area contributed by atoms with Gasteiger partial charge in [-0.25, -0.2) is 0 Å². The molecule has 0 amide bonds. The Morgan fingerprint density at radius 1 is 1.21 bits per heavy atom. The predicted molar refractivity (Wildman–Crippen MR) is 75.1 cm³/mol. The van der Waals surface area contributed by atoms with Crippen molar-refractivity contribution in [2.45, 2.75) is 58.5 Å². The van der Waals surface area contributed by atoms with Gasteiger partial charge in [-0.3, -0.25) is 9.59 Å². The van der Waals surface area contributed by atoms with E-state index in [-0.39, 0.29) is 6.04 Å². The van der Waals surface area contributed by atoms with E-state index in [2.05, 4.69) is 5.32 Å². The number of rotatable bonds is 8. The van der Waals surface area contributed by atoms with Gasteiger partial charge in [0.1, 0.15) is 12.1 Å². The number of carboxylic acid groups (broad SMARTS) is 2. The van der Waals surface area contributed by atoms with Crippen LogP contribution in [0.25, 0.3) is 0 Å². The summed E-state index contributed by atoms with van der Waals surface area (Å²) in [6.07, 6.45) is 3.17. The van der Waals surface area contributed by atoms with Crippen LogP contribution in [0.15, 0.2) is 0 Å². The fourth-order valence-electron chi connectivity index (χ4n) is 1.36. The molecular weight excluding hydrogens is 248 g/mol. The topological polar surface area (TPSA) is 113 Å². The molecule has 0 heterocycles. The first-order valence-corrected chi connectivity index (χ1v) is 6.64. The van der Waals surface area contributed by atoms with Crippen molar-refractivity contribution >= 4 is 11.9 Å². The molecule has 0 fully saturated rings. The van der Waals surface area contributed by atoms with E-state index >= 15 is 0 Å². The minimum absolute atomic E-state index is 0.389.